The highest BCUT2D eigenvalue weighted by Gasteiger charge is 2.11. The van der Waals surface area contributed by atoms with E-state index in [9.17, 15) is 0 Å². The molecule has 0 spiro atoms. The molecule has 0 amide bonds. The van der Waals surface area contributed by atoms with Crippen LogP contribution < -0.4 is 5.32 Å². The molecule has 0 bridgehead atoms. The van der Waals surface area contributed by atoms with Gasteiger partial charge in [0.15, 0.2) is 0 Å². The summed E-state index contributed by atoms with van der Waals surface area (Å²) < 4.78 is 1.68. The molecule has 5 heteroatoms. The van der Waals surface area contributed by atoms with Crippen LogP contribution in [-0.2, 0) is 13.6 Å². The molecule has 0 unspecified atom stereocenters. The van der Waals surface area contributed by atoms with Crippen molar-refractivity contribution in [3.05, 3.63) is 45.2 Å². The number of benzene rings is 1. The lowest BCUT2D eigenvalue weighted by atomic mass is 10.2. The van der Waals surface area contributed by atoms with Gasteiger partial charge in [0.25, 0.3) is 0 Å². The van der Waals surface area contributed by atoms with E-state index >= 15 is 0 Å². The number of nitrogens with zero attached hydrogens (tertiary/aromatic N) is 2. The maximum absolute atomic E-state index is 6.19. The van der Waals surface area contributed by atoms with Crippen molar-refractivity contribution in [2.45, 2.75) is 20.4 Å². The van der Waals surface area contributed by atoms with Crippen LogP contribution in [0.4, 0.5) is 5.69 Å². The van der Waals surface area contributed by atoms with Gasteiger partial charge in [-0.1, -0.05) is 29.3 Å². The van der Waals surface area contributed by atoms with Crippen LogP contribution in [0.3, 0.4) is 0 Å². The molecule has 0 atom stereocenters. The summed E-state index contributed by atoms with van der Waals surface area (Å²) in [5.74, 6) is 0. The van der Waals surface area contributed by atoms with Gasteiger partial charge in [-0.3, -0.25) is 4.68 Å². The van der Waals surface area contributed by atoms with Gasteiger partial charge < -0.3 is 5.32 Å². The van der Waals surface area contributed by atoms with Crippen LogP contribution in [0.5, 0.6) is 0 Å². The summed E-state index contributed by atoms with van der Waals surface area (Å²) in [5.41, 5.74) is 4.12. The molecule has 3 nitrogen and oxygen atoms in total. The predicted molar refractivity (Wildman–Crippen MR) is 76.5 cm³/mol. The fourth-order valence-corrected chi connectivity index (χ4v) is 2.26. The van der Waals surface area contributed by atoms with Gasteiger partial charge >= 0.3 is 0 Å². The van der Waals surface area contributed by atoms with Crippen LogP contribution in [0.15, 0.2) is 18.2 Å². The second kappa shape index (κ2) is 5.21. The number of rotatable bonds is 3. The normalized spacial score (nSPS) is 10.7. The summed E-state index contributed by atoms with van der Waals surface area (Å²) in [7, 11) is 1.84. The zero-order chi connectivity index (χ0) is 13.3. The van der Waals surface area contributed by atoms with Gasteiger partial charge in [-0.05, 0) is 31.5 Å². The first-order chi connectivity index (χ1) is 8.49. The van der Waals surface area contributed by atoms with Crippen molar-refractivity contribution in [1.82, 2.24) is 9.78 Å². The monoisotopic (exact) mass is 283 g/mol. The minimum atomic E-state index is 0.639. The Balaban J connectivity index is 2.19. The van der Waals surface area contributed by atoms with Crippen LogP contribution >= 0.6 is 23.2 Å². The molecular weight excluding hydrogens is 269 g/mol. The van der Waals surface area contributed by atoms with E-state index in [-0.39, 0.29) is 0 Å². The van der Waals surface area contributed by atoms with E-state index in [0.717, 1.165) is 27.5 Å². The second-order valence-corrected chi connectivity index (χ2v) is 5.09. The minimum absolute atomic E-state index is 0.639. The highest BCUT2D eigenvalue weighted by atomic mass is 35.5. The highest BCUT2D eigenvalue weighted by Crippen LogP contribution is 2.23. The van der Waals surface area contributed by atoms with Gasteiger partial charge in [0, 0.05) is 29.9 Å². The SMILES string of the molecule is Cc1ccc(Cl)cc1NCc1c(C)nn(C)c1Cl. The van der Waals surface area contributed by atoms with Crippen molar-refractivity contribution >= 4 is 28.9 Å². The van der Waals surface area contributed by atoms with Gasteiger partial charge in [0.2, 0.25) is 0 Å². The van der Waals surface area contributed by atoms with Gasteiger partial charge in [-0.25, -0.2) is 0 Å². The lowest BCUT2D eigenvalue weighted by Gasteiger charge is -2.09. The van der Waals surface area contributed by atoms with Gasteiger partial charge in [0.1, 0.15) is 5.15 Å². The van der Waals surface area contributed by atoms with E-state index in [1.807, 2.05) is 39.1 Å². The van der Waals surface area contributed by atoms with E-state index in [0.29, 0.717) is 11.7 Å². The lowest BCUT2D eigenvalue weighted by molar-refractivity contribution is 0.757. The fraction of sp³-hybridized carbons (Fsp3) is 0.308. The molecule has 2 rings (SSSR count). The summed E-state index contributed by atoms with van der Waals surface area (Å²) in [6.07, 6.45) is 0. The maximum Gasteiger partial charge on any atom is 0.131 e. The summed E-state index contributed by atoms with van der Waals surface area (Å²) in [5, 5.41) is 9.01. The van der Waals surface area contributed by atoms with Crippen molar-refractivity contribution in [1.29, 1.82) is 0 Å². The van der Waals surface area contributed by atoms with E-state index < -0.39 is 0 Å². The molecule has 0 aliphatic carbocycles. The molecule has 1 heterocycles. The predicted octanol–water partition coefficient (Wildman–Crippen LogP) is 3.96. The quantitative estimate of drug-likeness (QED) is 0.924. The molecule has 0 fully saturated rings. The third-order valence-electron chi connectivity index (χ3n) is 2.93. The Hall–Kier alpha value is -1.19. The minimum Gasteiger partial charge on any atom is -0.381 e. The van der Waals surface area contributed by atoms with E-state index in [1.54, 1.807) is 4.68 Å². The van der Waals surface area contributed by atoms with Crippen molar-refractivity contribution in [3.63, 3.8) is 0 Å². The number of hydrogen-bond donors (Lipinski definition) is 1. The largest absolute Gasteiger partial charge is 0.381 e. The van der Waals surface area contributed by atoms with E-state index in [1.165, 1.54) is 0 Å². The summed E-state index contributed by atoms with van der Waals surface area (Å²) in [4.78, 5) is 0. The van der Waals surface area contributed by atoms with Crippen LogP contribution in [0, 0.1) is 13.8 Å². The molecule has 0 aliphatic heterocycles. The first-order valence-electron chi connectivity index (χ1n) is 5.67. The molecule has 0 radical (unpaired) electrons. The zero-order valence-corrected chi connectivity index (χ0v) is 12.1. The number of nitrogens with one attached hydrogen (secondary N) is 1. The summed E-state index contributed by atoms with van der Waals surface area (Å²) >= 11 is 12.2. The first-order valence-corrected chi connectivity index (χ1v) is 6.42. The molecule has 96 valence electrons. The molecule has 1 N–H and O–H groups in total. The van der Waals surface area contributed by atoms with Crippen LogP contribution in [0.25, 0.3) is 0 Å². The molecule has 18 heavy (non-hydrogen) atoms. The van der Waals surface area contributed by atoms with Crippen molar-refractivity contribution in [2.75, 3.05) is 5.32 Å². The number of aromatic nitrogens is 2. The van der Waals surface area contributed by atoms with E-state index in [4.69, 9.17) is 23.2 Å². The Bertz CT molecular complexity index is 576. The van der Waals surface area contributed by atoms with Crippen LogP contribution in [0.2, 0.25) is 10.2 Å². The van der Waals surface area contributed by atoms with Gasteiger partial charge in [-0.2, -0.15) is 5.10 Å². The Morgan fingerprint density at radius 3 is 2.61 bits per heavy atom. The fourth-order valence-electron chi connectivity index (χ4n) is 1.84. The van der Waals surface area contributed by atoms with E-state index in [2.05, 4.69) is 10.4 Å². The molecule has 2 aromatic rings. The molecule has 1 aromatic carbocycles. The maximum atomic E-state index is 6.19. The first kappa shape index (κ1) is 13.2. The number of halogens is 2. The molecule has 0 saturated heterocycles. The third kappa shape index (κ3) is 2.62. The average molecular weight is 284 g/mol. The number of aryl methyl sites for hydroxylation is 3. The topological polar surface area (TPSA) is 29.9 Å². The summed E-state index contributed by atoms with van der Waals surface area (Å²) in [6, 6.07) is 5.78. The molecule has 0 saturated carbocycles. The molecule has 1 aromatic heterocycles. The van der Waals surface area contributed by atoms with Crippen LogP contribution in [-0.4, -0.2) is 9.78 Å². The second-order valence-electron chi connectivity index (χ2n) is 4.29. The third-order valence-corrected chi connectivity index (χ3v) is 3.63. The number of anilines is 1. The Morgan fingerprint density at radius 2 is 2.00 bits per heavy atom. The van der Waals surface area contributed by atoms with Crippen molar-refractivity contribution in [2.24, 2.45) is 7.05 Å². The van der Waals surface area contributed by atoms with Gasteiger partial charge in [0.05, 0.1) is 5.69 Å². The standard InChI is InChI=1S/C13H15Cl2N3/c1-8-4-5-10(14)6-12(8)16-7-11-9(2)17-18(3)13(11)15/h4-6,16H,7H2,1-3H3. The van der Waals surface area contributed by atoms with Crippen molar-refractivity contribution in [3.8, 4) is 0 Å². The Morgan fingerprint density at radius 1 is 1.28 bits per heavy atom. The Labute approximate surface area is 117 Å². The number of hydrogen-bond acceptors (Lipinski definition) is 2. The highest BCUT2D eigenvalue weighted by molar-refractivity contribution is 6.31. The molecule has 0 aliphatic rings. The smallest absolute Gasteiger partial charge is 0.131 e. The lowest BCUT2D eigenvalue weighted by Crippen LogP contribution is -2.02. The van der Waals surface area contributed by atoms with Crippen LogP contribution in [0.1, 0.15) is 16.8 Å². The average Bonchev–Trinajstić information content (AvgIpc) is 2.55. The van der Waals surface area contributed by atoms with Gasteiger partial charge in [-0.15, -0.1) is 0 Å². The molecular formula is C13H15Cl2N3. The van der Waals surface area contributed by atoms with Crippen molar-refractivity contribution < 1.29 is 0 Å². The zero-order valence-electron chi connectivity index (χ0n) is 10.6. The summed E-state index contributed by atoms with van der Waals surface area (Å²) in [6.45, 7) is 4.63. The Kier molecular flexibility index (Phi) is 3.83.